The molecular weight excluding hydrogens is 404 g/mol. The van der Waals surface area contributed by atoms with Gasteiger partial charge in [-0.05, 0) is 46.9 Å². The van der Waals surface area contributed by atoms with Gasteiger partial charge in [-0.15, -0.1) is 0 Å². The second-order valence-electron chi connectivity index (χ2n) is 7.48. The van der Waals surface area contributed by atoms with Crippen LogP contribution in [0.1, 0.15) is 39.5 Å². The lowest BCUT2D eigenvalue weighted by atomic mass is 9.93. The van der Waals surface area contributed by atoms with Crippen molar-refractivity contribution in [1.82, 2.24) is 9.88 Å². The van der Waals surface area contributed by atoms with Crippen molar-refractivity contribution in [2.75, 3.05) is 13.7 Å². The van der Waals surface area contributed by atoms with Gasteiger partial charge in [-0.1, -0.05) is 54.6 Å². The van der Waals surface area contributed by atoms with Crippen molar-refractivity contribution in [3.05, 3.63) is 107 Å². The van der Waals surface area contributed by atoms with Crippen molar-refractivity contribution in [2.45, 2.75) is 19.1 Å². The van der Waals surface area contributed by atoms with E-state index in [2.05, 4.69) is 11.1 Å². The van der Waals surface area contributed by atoms with Gasteiger partial charge in [0.05, 0.1) is 18.7 Å². The molecule has 3 aromatic rings. The Morgan fingerprint density at radius 2 is 1.81 bits per heavy atom. The second-order valence-corrected chi connectivity index (χ2v) is 7.48. The lowest BCUT2D eigenvalue weighted by molar-refractivity contribution is 0.0600. The van der Waals surface area contributed by atoms with E-state index < -0.39 is 5.97 Å². The first-order valence-electron chi connectivity index (χ1n) is 10.4. The highest BCUT2D eigenvalue weighted by Gasteiger charge is 2.29. The van der Waals surface area contributed by atoms with Crippen molar-refractivity contribution >= 4 is 17.6 Å². The number of rotatable bonds is 5. The van der Waals surface area contributed by atoms with Crippen LogP contribution in [0.4, 0.5) is 4.79 Å². The maximum Gasteiger partial charge on any atom is 0.410 e. The molecule has 0 saturated heterocycles. The van der Waals surface area contributed by atoms with E-state index in [4.69, 9.17) is 9.47 Å². The van der Waals surface area contributed by atoms with E-state index in [1.165, 1.54) is 7.11 Å². The topological polar surface area (TPSA) is 68.7 Å². The highest BCUT2D eigenvalue weighted by molar-refractivity contribution is 5.89. The summed E-state index contributed by atoms with van der Waals surface area (Å²) in [5.41, 5.74) is 4.42. The van der Waals surface area contributed by atoms with Crippen LogP contribution in [-0.4, -0.2) is 35.6 Å². The quantitative estimate of drug-likeness (QED) is 0.533. The fourth-order valence-electron chi connectivity index (χ4n) is 3.75. The molecule has 0 N–H and O–H groups in total. The summed E-state index contributed by atoms with van der Waals surface area (Å²) in [6.07, 6.45) is 5.95. The van der Waals surface area contributed by atoms with Crippen molar-refractivity contribution in [1.29, 1.82) is 0 Å². The molecule has 0 spiro atoms. The first kappa shape index (κ1) is 21.3. The molecule has 6 heteroatoms. The van der Waals surface area contributed by atoms with Crippen molar-refractivity contribution < 1.29 is 19.1 Å². The average molecular weight is 428 g/mol. The summed E-state index contributed by atoms with van der Waals surface area (Å²) < 4.78 is 10.4. The Labute approximate surface area is 187 Å². The zero-order valence-electron chi connectivity index (χ0n) is 17.8. The molecular formula is C26H24N2O4. The number of pyridine rings is 1. The normalized spacial score (nSPS) is 15.6. The number of hydrogen-bond donors (Lipinski definition) is 0. The molecule has 1 atom stereocenters. The SMILES string of the molecule is COC(=O)c1ccc(C2C=C(c3cccnc3)CCN2C(=O)OCc2ccccc2)cc1. The minimum atomic E-state index is -0.397. The van der Waals surface area contributed by atoms with E-state index in [1.807, 2.05) is 60.8 Å². The minimum absolute atomic E-state index is 0.212. The van der Waals surface area contributed by atoms with E-state index in [0.29, 0.717) is 18.5 Å². The number of esters is 1. The van der Waals surface area contributed by atoms with Gasteiger partial charge >= 0.3 is 12.1 Å². The Kier molecular flexibility index (Phi) is 6.60. The highest BCUT2D eigenvalue weighted by Crippen LogP contribution is 2.34. The molecule has 0 saturated carbocycles. The maximum absolute atomic E-state index is 13.0. The Balaban J connectivity index is 1.60. The molecule has 0 fully saturated rings. The summed E-state index contributed by atoms with van der Waals surface area (Å²) in [6, 6.07) is 20.3. The molecule has 32 heavy (non-hydrogen) atoms. The van der Waals surface area contributed by atoms with Crippen molar-refractivity contribution in [2.24, 2.45) is 0 Å². The van der Waals surface area contributed by atoms with Crippen LogP contribution in [-0.2, 0) is 16.1 Å². The van der Waals surface area contributed by atoms with Crippen molar-refractivity contribution in [3.8, 4) is 0 Å². The third-order valence-corrected chi connectivity index (χ3v) is 5.46. The summed E-state index contributed by atoms with van der Waals surface area (Å²) in [4.78, 5) is 30.7. The van der Waals surface area contributed by atoms with Gasteiger partial charge in [0.15, 0.2) is 0 Å². The standard InChI is InChI=1S/C26H24N2O4/c1-31-25(29)21-11-9-20(10-12-21)24-16-22(23-8-5-14-27-17-23)13-15-28(24)26(30)32-18-19-6-3-2-4-7-19/h2-12,14,16-17,24H,13,15,18H2,1H3. The zero-order valence-corrected chi connectivity index (χ0v) is 17.8. The molecule has 0 radical (unpaired) electrons. The van der Waals surface area contributed by atoms with Crippen LogP contribution in [0.3, 0.4) is 0 Å². The van der Waals surface area contributed by atoms with Gasteiger partial charge in [-0.25, -0.2) is 9.59 Å². The minimum Gasteiger partial charge on any atom is -0.465 e. The van der Waals surface area contributed by atoms with Crippen LogP contribution >= 0.6 is 0 Å². The van der Waals surface area contributed by atoms with Crippen LogP contribution in [0.5, 0.6) is 0 Å². The van der Waals surface area contributed by atoms with Crippen LogP contribution < -0.4 is 0 Å². The Hall–Kier alpha value is -3.93. The third kappa shape index (κ3) is 4.86. The van der Waals surface area contributed by atoms with E-state index >= 15 is 0 Å². The number of benzene rings is 2. The van der Waals surface area contributed by atoms with Gasteiger partial charge in [-0.3, -0.25) is 9.88 Å². The fourth-order valence-corrected chi connectivity index (χ4v) is 3.75. The molecule has 1 amide bonds. The molecule has 6 nitrogen and oxygen atoms in total. The van der Waals surface area contributed by atoms with Gasteiger partial charge in [0.1, 0.15) is 6.61 Å². The van der Waals surface area contributed by atoms with Gasteiger partial charge < -0.3 is 9.47 Å². The fraction of sp³-hybridized carbons (Fsp3) is 0.192. The molecule has 1 aromatic heterocycles. The van der Waals surface area contributed by atoms with Gasteiger partial charge in [-0.2, -0.15) is 0 Å². The van der Waals surface area contributed by atoms with Crippen LogP contribution in [0.15, 0.2) is 85.2 Å². The summed E-state index contributed by atoms with van der Waals surface area (Å²) in [5, 5.41) is 0. The number of carbonyl (C=O) groups excluding carboxylic acids is 2. The first-order valence-corrected chi connectivity index (χ1v) is 10.4. The molecule has 1 aliphatic rings. The lowest BCUT2D eigenvalue weighted by Crippen LogP contribution is -2.37. The molecule has 1 aliphatic heterocycles. The molecule has 4 rings (SSSR count). The predicted molar refractivity (Wildman–Crippen MR) is 121 cm³/mol. The molecule has 162 valence electrons. The van der Waals surface area contributed by atoms with E-state index in [9.17, 15) is 9.59 Å². The number of carbonyl (C=O) groups is 2. The van der Waals surface area contributed by atoms with Gasteiger partial charge in [0.2, 0.25) is 0 Å². The molecule has 0 bridgehead atoms. The van der Waals surface area contributed by atoms with Gasteiger partial charge in [0.25, 0.3) is 0 Å². The van der Waals surface area contributed by atoms with E-state index in [0.717, 1.165) is 22.3 Å². The Morgan fingerprint density at radius 1 is 1.03 bits per heavy atom. The van der Waals surface area contributed by atoms with E-state index in [1.54, 1.807) is 23.2 Å². The number of ether oxygens (including phenoxy) is 2. The smallest absolute Gasteiger partial charge is 0.410 e. The Morgan fingerprint density at radius 3 is 2.50 bits per heavy atom. The predicted octanol–water partition coefficient (Wildman–Crippen LogP) is 5.04. The number of amides is 1. The molecule has 0 aliphatic carbocycles. The molecule has 2 aromatic carbocycles. The summed E-state index contributed by atoms with van der Waals surface area (Å²) in [7, 11) is 1.35. The number of methoxy groups -OCH3 is 1. The first-order chi connectivity index (χ1) is 15.7. The number of aromatic nitrogens is 1. The summed E-state index contributed by atoms with van der Waals surface area (Å²) in [5.74, 6) is -0.397. The van der Waals surface area contributed by atoms with Crippen LogP contribution in [0, 0.1) is 0 Å². The van der Waals surface area contributed by atoms with E-state index in [-0.39, 0.29) is 18.7 Å². The number of hydrogen-bond acceptors (Lipinski definition) is 5. The monoisotopic (exact) mass is 428 g/mol. The largest absolute Gasteiger partial charge is 0.465 e. The third-order valence-electron chi connectivity index (χ3n) is 5.46. The Bertz CT molecular complexity index is 1100. The molecule has 1 unspecified atom stereocenters. The second kappa shape index (κ2) is 9.92. The lowest BCUT2D eigenvalue weighted by Gasteiger charge is -2.34. The van der Waals surface area contributed by atoms with Crippen molar-refractivity contribution in [3.63, 3.8) is 0 Å². The molecule has 2 heterocycles. The highest BCUT2D eigenvalue weighted by atomic mass is 16.6. The summed E-state index contributed by atoms with van der Waals surface area (Å²) >= 11 is 0. The van der Waals surface area contributed by atoms with Crippen LogP contribution in [0.25, 0.3) is 5.57 Å². The van der Waals surface area contributed by atoms with Crippen LogP contribution in [0.2, 0.25) is 0 Å². The maximum atomic E-state index is 13.0. The average Bonchev–Trinajstić information content (AvgIpc) is 2.87. The summed E-state index contributed by atoms with van der Waals surface area (Å²) in [6.45, 7) is 0.723. The number of nitrogens with zero attached hydrogens (tertiary/aromatic N) is 2. The van der Waals surface area contributed by atoms with Gasteiger partial charge in [0, 0.05) is 18.9 Å². The zero-order chi connectivity index (χ0) is 22.3.